The van der Waals surface area contributed by atoms with Crippen LogP contribution in [0.3, 0.4) is 0 Å². The first-order valence-corrected chi connectivity index (χ1v) is 56.6. The molecule has 0 aliphatic carbocycles. The number of hydrogen-bond acceptors (Lipinski definition) is 59. The zero-order valence-corrected chi connectivity index (χ0v) is 91.4. The predicted molar refractivity (Wildman–Crippen MR) is 543 cm³/mol. The van der Waals surface area contributed by atoms with Crippen LogP contribution in [0.5, 0.6) is 0 Å². The van der Waals surface area contributed by atoms with Crippen LogP contribution in [0.2, 0.25) is 0 Å². The third kappa shape index (κ3) is 41.1. The Morgan fingerprint density at radius 1 is 0.439 bits per heavy atom. The molecule has 48 nitrogen and oxygen atoms in total. The van der Waals surface area contributed by atoms with Crippen molar-refractivity contribution in [1.82, 2.24) is 9.97 Å². The van der Waals surface area contributed by atoms with E-state index in [1.165, 1.54) is 30.4 Å². The molecule has 0 aromatic carbocycles. The number of aliphatic hydroxyl groups excluding tert-OH is 20. The molecule has 0 saturated carbocycles. The van der Waals surface area contributed by atoms with Crippen molar-refractivity contribution >= 4 is 164 Å². The number of thiocarbonyl (C=S) groups is 2. The Morgan fingerprint density at radius 2 is 0.777 bits per heavy atom. The van der Waals surface area contributed by atoms with E-state index < -0.39 is 285 Å². The Bertz CT molecular complexity index is 4290. The van der Waals surface area contributed by atoms with Crippen LogP contribution in [0.1, 0.15) is 88.0 Å². The van der Waals surface area contributed by atoms with Crippen LogP contribution in [-0.4, -0.2) is 489 Å². The van der Waals surface area contributed by atoms with Gasteiger partial charge in [0.1, 0.15) is 204 Å². The van der Waals surface area contributed by atoms with Crippen molar-refractivity contribution in [3.8, 4) is 6.07 Å². The summed E-state index contributed by atoms with van der Waals surface area (Å²) in [5, 5.41) is 214. The molecule has 0 bridgehead atoms. The highest BCUT2D eigenvalue weighted by Crippen LogP contribution is 2.43. The van der Waals surface area contributed by atoms with E-state index >= 15 is 0 Å². The number of rotatable bonds is 53. The molecule has 20 N–H and O–H groups in total. The minimum absolute atomic E-state index is 0.0183. The Labute approximate surface area is 904 Å². The zero-order chi connectivity index (χ0) is 110. The molecule has 0 radical (unpaired) electrons. The summed E-state index contributed by atoms with van der Waals surface area (Å²) < 4.78 is 107. The molecule has 7 saturated heterocycles. The number of aliphatic hydroxyl groups is 20. The number of thiol groups is 1. The quantitative estimate of drug-likeness (QED) is 0.00834. The maximum atomic E-state index is 13.6. The number of ether oxygens (including phenoxy) is 20. The summed E-state index contributed by atoms with van der Waals surface area (Å²) in [6.07, 6.45) is -46.0. The molecule has 2 aromatic rings. The van der Waals surface area contributed by atoms with E-state index in [1.54, 1.807) is 97.1 Å². The van der Waals surface area contributed by atoms with Crippen molar-refractivity contribution in [1.29, 1.82) is 5.26 Å². The fourth-order valence-corrected chi connectivity index (χ4v) is 25.2. The van der Waals surface area contributed by atoms with Crippen molar-refractivity contribution < 1.29 is 221 Å². The van der Waals surface area contributed by atoms with Gasteiger partial charge in [0.25, 0.3) is 0 Å². The van der Waals surface area contributed by atoms with Crippen molar-refractivity contribution in [2.75, 3.05) is 135 Å². The zero-order valence-electron chi connectivity index (χ0n) is 82.4. The lowest BCUT2D eigenvalue weighted by atomic mass is 9.84. The fraction of sp³-hybridized carbons (Fsp3) is 0.798. The van der Waals surface area contributed by atoms with E-state index in [9.17, 15) is 131 Å². The third-order valence-electron chi connectivity index (χ3n) is 23.0. The maximum Gasteiger partial charge on any atom is 0.322 e. The summed E-state index contributed by atoms with van der Waals surface area (Å²) in [7, 11) is 6.45. The molecule has 7 aliphatic rings. The average molecular weight is 2320 g/mol. The lowest BCUT2D eigenvalue weighted by Crippen LogP contribution is -2.65. The lowest BCUT2D eigenvalue weighted by molar-refractivity contribution is -0.398. The van der Waals surface area contributed by atoms with E-state index in [2.05, 4.69) is 28.7 Å². The molecule has 7 aliphatic heterocycles. The predicted octanol–water partition coefficient (Wildman–Crippen LogP) is -2.20. The third-order valence-corrected chi connectivity index (χ3v) is 33.2. The highest BCUT2D eigenvalue weighted by molar-refractivity contribution is 8.77. The number of aromatic nitrogens is 2. The minimum atomic E-state index is -1.89. The normalized spacial score (nSPS) is 32.9. The van der Waals surface area contributed by atoms with Crippen LogP contribution >= 0.6 is 127 Å². The molecule has 9 rings (SSSR count). The van der Waals surface area contributed by atoms with Gasteiger partial charge in [0, 0.05) is 30.3 Å². The number of carbonyl (C=O) groups excluding carboxylic acids is 5. The maximum absolute atomic E-state index is 13.6. The molecular formula is C89H139N3O45S11. The van der Waals surface area contributed by atoms with Crippen LogP contribution in [0.15, 0.2) is 58.8 Å². The van der Waals surface area contributed by atoms with E-state index in [0.717, 1.165) is 45.1 Å². The van der Waals surface area contributed by atoms with Crippen molar-refractivity contribution in [3.05, 3.63) is 48.8 Å². The standard InChI is InChI=1S/C36H55NO17S5.C33H51NO16S5.C20H33NO12S/c1-4-56-35(55)58-36(3,17-20(2)31(44)48-14-13-46-11-12-47-15-16-57-59-23-7-5-6-9-37-23)34(45)49-10-8-24-50-19-22-30(53-24)27(41)29(43)33(52-22)54-32-28(42)26(40)25(39)21(18-38)51-32;1-4-52-32(51)54-33(3,15-18(2)28(42)46-12-11-44-9-10-45-13-14-53-55-21-7-5-6-8-34-21)31(43)47-17-20-23(37)25(39)27(41)30(49-20)50-29-26(40)24(38)22(36)19(16-35)48-29;1-19(2,7-21)6-20(3,34)18(29)30-5-9-11(24)13(26)15(28)17(32-9)33-16-14(27)12(25)10(23)8(4-22)31-16/h5-7,9,20-22,24-30,32-33,38-43H,4,8,10-19H2,1-3H3;5-8,18-20,22-27,29-30,35-41H,4,9-17H2,1-3H3;8-17,22-28,34H,4-6H2,1-3H3/t20?,21-,22-,24?,25-,26+,27-,28-,29-,30-,32-,33-,36?;18?,19-,20-,22-,23-,24+,25+,26-,27-,29-,30-,33?;8-,9-,10-,11-,12+,13+,14-,15-,16-,17-,20?/m111/s1. The number of esters is 5. The Balaban J connectivity index is 0.000000311. The summed E-state index contributed by atoms with van der Waals surface area (Å²) in [4.78, 5) is 74.0. The number of nitriles is 1. The first-order chi connectivity index (χ1) is 70.1. The smallest absolute Gasteiger partial charge is 0.322 e. The van der Waals surface area contributed by atoms with Crippen LogP contribution in [-0.2, 0) is 119 Å². The highest BCUT2D eigenvalue weighted by Gasteiger charge is 2.57. The number of carbonyl (C=O) groups is 5. The van der Waals surface area contributed by atoms with E-state index in [4.69, 9.17) is 119 Å². The molecule has 6 unspecified atom stereocenters. The molecule has 0 amide bonds. The summed E-state index contributed by atoms with van der Waals surface area (Å²) in [6.45, 7) is 14.2. The topological polar surface area (TPSA) is 724 Å². The Morgan fingerprint density at radius 3 is 1.14 bits per heavy atom. The average Bonchev–Trinajstić information content (AvgIpc) is 0.778. The van der Waals surface area contributed by atoms with Gasteiger partial charge in [-0.1, -0.05) is 109 Å². The summed E-state index contributed by atoms with van der Waals surface area (Å²) >= 11 is 20.1. The lowest BCUT2D eigenvalue weighted by Gasteiger charge is -2.48. The van der Waals surface area contributed by atoms with Crippen molar-refractivity contribution in [2.24, 2.45) is 17.3 Å². The second-order valence-corrected chi connectivity index (χ2v) is 49.5. The van der Waals surface area contributed by atoms with Gasteiger partial charge in [-0.2, -0.15) is 17.9 Å². The molecule has 846 valence electrons. The van der Waals surface area contributed by atoms with Crippen LogP contribution in [0.4, 0.5) is 0 Å². The fourth-order valence-electron chi connectivity index (χ4n) is 15.0. The number of fused-ring (bicyclic) bond motifs is 1. The second kappa shape index (κ2) is 66.2. The highest BCUT2D eigenvalue weighted by atomic mass is 33.1. The van der Waals surface area contributed by atoms with Crippen molar-refractivity contribution in [3.63, 3.8) is 0 Å². The van der Waals surface area contributed by atoms with Gasteiger partial charge < -0.3 is 197 Å². The largest absolute Gasteiger partial charge is 0.464 e. The number of thioether (sulfide) groups is 4. The van der Waals surface area contributed by atoms with Gasteiger partial charge in [-0.25, -0.2) is 9.97 Å². The van der Waals surface area contributed by atoms with Gasteiger partial charge in [-0.3, -0.25) is 24.0 Å². The summed E-state index contributed by atoms with van der Waals surface area (Å²) in [5.41, 5.74) is -0.874. The van der Waals surface area contributed by atoms with Gasteiger partial charge in [-0.15, -0.1) is 23.5 Å². The number of hydrogen-bond donors (Lipinski definition) is 21. The first kappa shape index (κ1) is 132. The molecule has 0 spiro atoms. The second-order valence-electron chi connectivity index (χ2n) is 35.7. The monoisotopic (exact) mass is 2320 g/mol. The number of nitrogens with zero attached hydrogens (tertiary/aromatic N) is 3. The van der Waals surface area contributed by atoms with Gasteiger partial charge in [0.15, 0.2) is 44.0 Å². The van der Waals surface area contributed by atoms with Crippen LogP contribution in [0.25, 0.3) is 0 Å². The minimum Gasteiger partial charge on any atom is -0.464 e. The molecule has 148 heavy (non-hydrogen) atoms. The van der Waals surface area contributed by atoms with Gasteiger partial charge in [0.2, 0.25) is 0 Å². The van der Waals surface area contributed by atoms with E-state index in [0.29, 0.717) is 58.2 Å². The van der Waals surface area contributed by atoms with Gasteiger partial charge in [0.05, 0.1) is 109 Å². The van der Waals surface area contributed by atoms with Crippen LogP contribution in [0, 0.1) is 28.6 Å². The number of pyridine rings is 2. The molecular weight excluding hydrogens is 2180 g/mol. The van der Waals surface area contributed by atoms with E-state index in [-0.39, 0.29) is 65.3 Å². The molecule has 7 fully saturated rings. The van der Waals surface area contributed by atoms with Crippen LogP contribution < -0.4 is 0 Å². The summed E-state index contributed by atoms with van der Waals surface area (Å²) in [5.74, 6) is -1.92. The van der Waals surface area contributed by atoms with Gasteiger partial charge >= 0.3 is 29.8 Å². The first-order valence-electron chi connectivity index (χ1n) is 47.1. The SMILES string of the molecule is CC(C)(C#N)CC(C)(S)C(=O)OC[C@H]1O[C@H](O[C@H]2O[C@H](CO)[C@@H](O)[C@H](O)[C@H]2O)[C@H](O)[C@@H](O)[C@@H]1O.CCSC(=S)SC(C)(CC(C)C(=O)OCCOCCOCCSSc1ccccn1)C(=O)OCCC1OC[C@H]2O[C@H](O[C@H]3O[C@H](CO)[C@@H](O)[C@H](O)[C@H]3O)[C@H](O)[C@@H](O)[C@@H]2O1.CCSC(=S)SC(C)(CC(C)C(=O)OCCOCCOCCSSc1ccccn1)C(=O)OC[C@H]1O[C@H](O[C@H]2O[C@H](CO)[C@@H](O)[C@H](O)[C@H]2O)[C@H](O)[C@@H](O)[C@@H]1O. The van der Waals surface area contributed by atoms with E-state index in [1.807, 2.05) is 50.2 Å². The molecule has 2 aromatic heterocycles. The van der Waals surface area contributed by atoms with Gasteiger partial charge in [-0.05, 0) is 111 Å². The van der Waals surface area contributed by atoms with Crippen molar-refractivity contribution in [2.45, 2.75) is 303 Å². The summed E-state index contributed by atoms with van der Waals surface area (Å²) in [6, 6.07) is 13.5. The molecule has 59 heteroatoms. The molecule has 9 heterocycles. The Hall–Kier alpha value is -2.93. The Kier molecular flexibility index (Phi) is 59.0. The molecule has 36 atom stereocenters.